The Kier molecular flexibility index (Phi) is 3.41. The second-order valence-electron chi connectivity index (χ2n) is 5.71. The van der Waals surface area contributed by atoms with Gasteiger partial charge in [-0.05, 0) is 26.0 Å². The number of carbonyl (C=O) groups is 1. The molecule has 19 heavy (non-hydrogen) atoms. The molecule has 5 nitrogen and oxygen atoms in total. The van der Waals surface area contributed by atoms with Crippen LogP contribution >= 0.6 is 0 Å². The highest BCUT2D eigenvalue weighted by Gasteiger charge is 2.23. The minimum absolute atomic E-state index is 0.00695. The fourth-order valence-corrected chi connectivity index (χ4v) is 1.94. The number of Topliss-reactive ketones (excluding diaryl/α,β-unsaturated/α-hetero) is 1. The Morgan fingerprint density at radius 2 is 2.16 bits per heavy atom. The molecule has 2 rings (SSSR count). The molecule has 0 amide bonds. The number of aromatic nitrogens is 3. The van der Waals surface area contributed by atoms with Crippen molar-refractivity contribution in [3.63, 3.8) is 0 Å². The summed E-state index contributed by atoms with van der Waals surface area (Å²) in [5.74, 6) is -0.124. The predicted molar refractivity (Wildman–Crippen MR) is 73.0 cm³/mol. The third-order valence-corrected chi connectivity index (χ3v) is 2.80. The second kappa shape index (κ2) is 4.74. The number of fused-ring (bicyclic) bond motifs is 1. The number of hydrogen-bond donors (Lipinski definition) is 1. The van der Waals surface area contributed by atoms with Crippen LogP contribution in [0.25, 0.3) is 11.0 Å². The monoisotopic (exact) mass is 261 g/mol. The summed E-state index contributed by atoms with van der Waals surface area (Å²) < 4.78 is 1.60. The zero-order valence-corrected chi connectivity index (χ0v) is 11.7. The highest BCUT2D eigenvalue weighted by Crippen LogP contribution is 2.20. The van der Waals surface area contributed by atoms with Crippen molar-refractivity contribution >= 4 is 16.8 Å². The van der Waals surface area contributed by atoms with E-state index < -0.39 is 5.60 Å². The first-order valence-corrected chi connectivity index (χ1v) is 6.38. The van der Waals surface area contributed by atoms with Crippen molar-refractivity contribution in [1.82, 2.24) is 14.8 Å². The molecule has 0 bridgehead atoms. The van der Waals surface area contributed by atoms with E-state index in [1.165, 1.54) is 0 Å². The van der Waals surface area contributed by atoms with Crippen molar-refractivity contribution in [3.05, 3.63) is 24.0 Å². The Bertz CT molecular complexity index is 609. The first kappa shape index (κ1) is 13.7. The molecule has 0 atom stereocenters. The molecular weight excluding hydrogens is 242 g/mol. The van der Waals surface area contributed by atoms with Gasteiger partial charge in [0.05, 0.1) is 17.5 Å². The molecule has 0 saturated heterocycles. The molecule has 0 unspecified atom stereocenters. The third kappa shape index (κ3) is 2.81. The van der Waals surface area contributed by atoms with Crippen LogP contribution < -0.4 is 0 Å². The van der Waals surface area contributed by atoms with Crippen LogP contribution in [0.5, 0.6) is 0 Å². The first-order valence-electron chi connectivity index (χ1n) is 6.38. The number of pyridine rings is 1. The van der Waals surface area contributed by atoms with Gasteiger partial charge in [-0.2, -0.15) is 5.10 Å². The number of ketones is 1. The molecule has 0 aromatic carbocycles. The summed E-state index contributed by atoms with van der Waals surface area (Å²) in [6, 6.07) is 3.63. The standard InChI is InChI=1S/C14H19N3O2/c1-9(2)12(18)11-10-6-5-7-15-13(10)17(16-11)8-14(3,4)19/h5-7,9,19H,8H2,1-4H3. The lowest BCUT2D eigenvalue weighted by molar-refractivity contribution is 0.0585. The molecule has 0 saturated carbocycles. The Morgan fingerprint density at radius 1 is 1.47 bits per heavy atom. The summed E-state index contributed by atoms with van der Waals surface area (Å²) in [7, 11) is 0. The van der Waals surface area contributed by atoms with Crippen LogP contribution in [0.2, 0.25) is 0 Å². The third-order valence-electron chi connectivity index (χ3n) is 2.80. The largest absolute Gasteiger partial charge is 0.389 e. The maximum Gasteiger partial charge on any atom is 0.186 e. The highest BCUT2D eigenvalue weighted by atomic mass is 16.3. The van der Waals surface area contributed by atoms with Crippen molar-refractivity contribution < 1.29 is 9.90 Å². The minimum atomic E-state index is -0.908. The summed E-state index contributed by atoms with van der Waals surface area (Å²) in [6.45, 7) is 7.39. The lowest BCUT2D eigenvalue weighted by Gasteiger charge is -2.16. The van der Waals surface area contributed by atoms with E-state index >= 15 is 0 Å². The molecule has 0 aliphatic rings. The van der Waals surface area contributed by atoms with Crippen LogP contribution in [0.1, 0.15) is 38.2 Å². The Morgan fingerprint density at radius 3 is 2.74 bits per heavy atom. The number of hydrogen-bond acceptors (Lipinski definition) is 4. The van der Waals surface area contributed by atoms with Gasteiger partial charge in [0.25, 0.3) is 0 Å². The van der Waals surface area contributed by atoms with Gasteiger partial charge in [-0.1, -0.05) is 13.8 Å². The summed E-state index contributed by atoms with van der Waals surface area (Å²) in [4.78, 5) is 16.4. The smallest absolute Gasteiger partial charge is 0.186 e. The predicted octanol–water partition coefficient (Wildman–Crippen LogP) is 2.04. The van der Waals surface area contributed by atoms with E-state index in [9.17, 15) is 9.90 Å². The molecule has 1 N–H and O–H groups in total. The summed E-state index contributed by atoms with van der Waals surface area (Å²) in [5.41, 5.74) is 0.158. The van der Waals surface area contributed by atoms with Crippen LogP contribution in [-0.4, -0.2) is 31.3 Å². The summed E-state index contributed by atoms with van der Waals surface area (Å²) in [5, 5.41) is 15.0. The number of carbonyl (C=O) groups excluding carboxylic acids is 1. The van der Waals surface area contributed by atoms with E-state index in [4.69, 9.17) is 0 Å². The molecule has 0 aliphatic heterocycles. The van der Waals surface area contributed by atoms with Gasteiger partial charge in [0.15, 0.2) is 11.4 Å². The summed E-state index contributed by atoms with van der Waals surface area (Å²) >= 11 is 0. The van der Waals surface area contributed by atoms with Gasteiger partial charge in [-0.15, -0.1) is 0 Å². The Hall–Kier alpha value is -1.75. The van der Waals surface area contributed by atoms with Gasteiger partial charge in [0.1, 0.15) is 5.69 Å². The molecule has 2 aromatic heterocycles. The molecule has 0 fully saturated rings. The maximum absolute atomic E-state index is 12.2. The molecule has 0 radical (unpaired) electrons. The molecule has 5 heteroatoms. The Labute approximate surface area is 112 Å². The average molecular weight is 261 g/mol. The molecule has 2 heterocycles. The van der Waals surface area contributed by atoms with Crippen molar-refractivity contribution in [2.45, 2.75) is 39.8 Å². The van der Waals surface area contributed by atoms with Crippen molar-refractivity contribution in [2.75, 3.05) is 0 Å². The molecule has 0 spiro atoms. The van der Waals surface area contributed by atoms with Gasteiger partial charge in [0, 0.05) is 12.1 Å². The van der Waals surface area contributed by atoms with E-state index in [0.717, 1.165) is 5.39 Å². The minimum Gasteiger partial charge on any atom is -0.389 e. The lowest BCUT2D eigenvalue weighted by Crippen LogP contribution is -2.27. The van der Waals surface area contributed by atoms with Gasteiger partial charge in [-0.25, -0.2) is 9.67 Å². The second-order valence-corrected chi connectivity index (χ2v) is 5.71. The van der Waals surface area contributed by atoms with E-state index in [-0.39, 0.29) is 11.7 Å². The zero-order valence-electron chi connectivity index (χ0n) is 11.7. The van der Waals surface area contributed by atoms with Crippen molar-refractivity contribution in [1.29, 1.82) is 0 Å². The fraction of sp³-hybridized carbons (Fsp3) is 0.500. The van der Waals surface area contributed by atoms with E-state index in [2.05, 4.69) is 10.1 Å². The first-order chi connectivity index (χ1) is 8.79. The van der Waals surface area contributed by atoms with Crippen LogP contribution in [0, 0.1) is 5.92 Å². The van der Waals surface area contributed by atoms with Crippen LogP contribution in [0.4, 0.5) is 0 Å². The van der Waals surface area contributed by atoms with Crippen LogP contribution in [0.15, 0.2) is 18.3 Å². The van der Waals surface area contributed by atoms with E-state index in [1.807, 2.05) is 19.9 Å². The summed E-state index contributed by atoms with van der Waals surface area (Å²) in [6.07, 6.45) is 1.66. The topological polar surface area (TPSA) is 68.0 Å². The fourth-order valence-electron chi connectivity index (χ4n) is 1.94. The van der Waals surface area contributed by atoms with E-state index in [0.29, 0.717) is 17.9 Å². The van der Waals surface area contributed by atoms with Gasteiger partial charge >= 0.3 is 0 Å². The maximum atomic E-state index is 12.2. The number of nitrogens with zero attached hydrogens (tertiary/aromatic N) is 3. The lowest BCUT2D eigenvalue weighted by atomic mass is 10.0. The average Bonchev–Trinajstić information content (AvgIpc) is 2.65. The SMILES string of the molecule is CC(C)C(=O)c1nn(CC(C)(C)O)c2ncccc12. The normalized spacial score (nSPS) is 12.3. The van der Waals surface area contributed by atoms with Crippen LogP contribution in [-0.2, 0) is 6.54 Å². The number of aliphatic hydroxyl groups is 1. The van der Waals surface area contributed by atoms with Gasteiger partial charge in [-0.3, -0.25) is 4.79 Å². The molecule has 102 valence electrons. The Balaban J connectivity index is 2.58. The van der Waals surface area contributed by atoms with Gasteiger partial charge in [0.2, 0.25) is 0 Å². The number of rotatable bonds is 4. The molecule has 2 aromatic rings. The zero-order chi connectivity index (χ0) is 14.2. The van der Waals surface area contributed by atoms with Gasteiger partial charge < -0.3 is 5.11 Å². The molecular formula is C14H19N3O2. The van der Waals surface area contributed by atoms with Crippen LogP contribution in [0.3, 0.4) is 0 Å². The van der Waals surface area contributed by atoms with E-state index in [1.54, 1.807) is 30.8 Å². The molecule has 0 aliphatic carbocycles. The quantitative estimate of drug-likeness (QED) is 0.855. The van der Waals surface area contributed by atoms with Crippen molar-refractivity contribution in [3.8, 4) is 0 Å². The highest BCUT2D eigenvalue weighted by molar-refractivity contribution is 6.06. The van der Waals surface area contributed by atoms with Crippen molar-refractivity contribution in [2.24, 2.45) is 5.92 Å².